The molecule has 2 aromatic rings. The highest BCUT2D eigenvalue weighted by Crippen LogP contribution is 2.28. The fourth-order valence-corrected chi connectivity index (χ4v) is 3.30. The van der Waals surface area contributed by atoms with Gasteiger partial charge in [0.1, 0.15) is 5.75 Å². The third-order valence-electron chi connectivity index (χ3n) is 4.24. The molecular weight excluding hydrogens is 335 g/mol. The van der Waals surface area contributed by atoms with Crippen molar-refractivity contribution in [2.24, 2.45) is 0 Å². The van der Waals surface area contributed by atoms with Crippen LogP contribution in [0.25, 0.3) is 10.8 Å². The molecule has 25 heavy (non-hydrogen) atoms. The Hall–Kier alpha value is -1.19. The largest absolute Gasteiger partial charge is 0.494 e. The number of ether oxygens (including phenoxy) is 1. The van der Waals surface area contributed by atoms with Crippen molar-refractivity contribution in [3.8, 4) is 5.75 Å². The first-order valence-corrected chi connectivity index (χ1v) is 10.2. The van der Waals surface area contributed by atoms with E-state index in [1.807, 2.05) is 13.0 Å². The lowest BCUT2D eigenvalue weighted by molar-refractivity contribution is 0.175. The molecule has 0 aliphatic heterocycles. The van der Waals surface area contributed by atoms with E-state index in [9.17, 15) is 0 Å². The Balaban J connectivity index is 1.87. The molecule has 0 spiro atoms. The van der Waals surface area contributed by atoms with Crippen LogP contribution in [-0.4, -0.2) is 22.5 Å². The Labute approximate surface area is 151 Å². The maximum Gasteiger partial charge on any atom is 0.327 e. The third kappa shape index (κ3) is 7.29. The van der Waals surface area contributed by atoms with E-state index >= 15 is 0 Å². The summed E-state index contributed by atoms with van der Waals surface area (Å²) in [6.45, 7) is 4.84. The van der Waals surface area contributed by atoms with E-state index in [0.29, 0.717) is 0 Å². The molecule has 0 saturated carbocycles. The molecule has 1 unspecified atom stereocenters. The van der Waals surface area contributed by atoms with Gasteiger partial charge >= 0.3 is 8.60 Å². The van der Waals surface area contributed by atoms with Crippen LogP contribution in [0.3, 0.4) is 0 Å². The van der Waals surface area contributed by atoms with Gasteiger partial charge in [0.15, 0.2) is 0 Å². The van der Waals surface area contributed by atoms with E-state index in [-0.39, 0.29) is 6.10 Å². The van der Waals surface area contributed by atoms with E-state index in [2.05, 4.69) is 37.3 Å². The van der Waals surface area contributed by atoms with Gasteiger partial charge in [-0.2, -0.15) is 0 Å². The van der Waals surface area contributed by atoms with Gasteiger partial charge in [0.05, 0.1) is 12.7 Å². The van der Waals surface area contributed by atoms with Crippen LogP contribution in [0, 0.1) is 0 Å². The zero-order chi connectivity index (χ0) is 18.1. The lowest BCUT2D eigenvalue weighted by atomic mass is 10.0. The number of hydrogen-bond acceptors (Lipinski definition) is 4. The maximum atomic E-state index is 8.85. The highest BCUT2D eigenvalue weighted by atomic mass is 31.2. The predicted octanol–water partition coefficient (Wildman–Crippen LogP) is 5.35. The molecule has 0 amide bonds. The van der Waals surface area contributed by atoms with Crippen LogP contribution < -0.4 is 4.74 Å². The van der Waals surface area contributed by atoms with Crippen molar-refractivity contribution in [1.29, 1.82) is 0 Å². The first-order chi connectivity index (χ1) is 12.1. The van der Waals surface area contributed by atoms with Crippen LogP contribution in [0.5, 0.6) is 5.75 Å². The Morgan fingerprint density at radius 3 is 2.52 bits per heavy atom. The fraction of sp³-hybridized carbons (Fsp3) is 0.500. The minimum Gasteiger partial charge on any atom is -0.494 e. The summed E-state index contributed by atoms with van der Waals surface area (Å²) in [5.41, 5.74) is 1.28. The lowest BCUT2D eigenvalue weighted by Crippen LogP contribution is -2.04. The van der Waals surface area contributed by atoms with E-state index < -0.39 is 8.60 Å². The molecule has 0 aromatic heterocycles. The van der Waals surface area contributed by atoms with Crippen molar-refractivity contribution >= 4 is 19.4 Å². The van der Waals surface area contributed by atoms with Gasteiger partial charge in [-0.25, -0.2) is 0 Å². The minimum absolute atomic E-state index is 0.131. The van der Waals surface area contributed by atoms with E-state index in [4.69, 9.17) is 19.0 Å². The van der Waals surface area contributed by atoms with E-state index in [0.717, 1.165) is 38.0 Å². The van der Waals surface area contributed by atoms with Crippen LogP contribution in [0.1, 0.15) is 51.5 Å². The first-order valence-electron chi connectivity index (χ1n) is 9.08. The molecule has 2 rings (SSSR count). The van der Waals surface area contributed by atoms with Crippen LogP contribution in [0.15, 0.2) is 36.4 Å². The van der Waals surface area contributed by atoms with Crippen molar-refractivity contribution in [3.63, 3.8) is 0 Å². The average Bonchev–Trinajstić information content (AvgIpc) is 2.58. The quantitative estimate of drug-likeness (QED) is 0.417. The summed E-state index contributed by atoms with van der Waals surface area (Å²) in [6.07, 6.45) is 6.10. The summed E-state index contributed by atoms with van der Waals surface area (Å²) in [4.78, 5) is 17.7. The molecule has 1 atom stereocenters. The van der Waals surface area contributed by atoms with Crippen molar-refractivity contribution in [2.75, 3.05) is 6.61 Å². The summed E-state index contributed by atoms with van der Waals surface area (Å²) in [5, 5.41) is 2.41. The Kier molecular flexibility index (Phi) is 8.63. The van der Waals surface area contributed by atoms with Crippen molar-refractivity contribution in [1.82, 2.24) is 0 Å². The number of aryl methyl sites for hydroxylation is 1. The van der Waals surface area contributed by atoms with E-state index in [1.54, 1.807) is 0 Å². The Morgan fingerprint density at radius 1 is 1.00 bits per heavy atom. The summed E-state index contributed by atoms with van der Waals surface area (Å²) in [5.74, 6) is 0.937. The van der Waals surface area contributed by atoms with Gasteiger partial charge in [0, 0.05) is 0 Å². The summed E-state index contributed by atoms with van der Waals surface area (Å²) in [6, 6.07) is 12.8. The second kappa shape index (κ2) is 10.7. The van der Waals surface area contributed by atoms with Crippen LogP contribution in [-0.2, 0) is 10.9 Å². The molecule has 4 nitrogen and oxygen atoms in total. The SMILES string of the molecule is CCCCCOc1ccc2cc(CCCC(C)OP(O)O)ccc2c1. The molecular formula is C20H29O4P. The number of benzene rings is 2. The number of hydrogen-bond donors (Lipinski definition) is 2. The van der Waals surface area contributed by atoms with Crippen LogP contribution >= 0.6 is 8.60 Å². The fourth-order valence-electron chi connectivity index (χ4n) is 2.87. The van der Waals surface area contributed by atoms with Gasteiger partial charge in [-0.3, -0.25) is 0 Å². The second-order valence-electron chi connectivity index (χ2n) is 6.46. The zero-order valence-corrected chi connectivity index (χ0v) is 16.0. The summed E-state index contributed by atoms with van der Waals surface area (Å²) >= 11 is 0. The summed E-state index contributed by atoms with van der Waals surface area (Å²) in [7, 11) is -2.26. The topological polar surface area (TPSA) is 58.9 Å². The molecule has 0 aliphatic rings. The van der Waals surface area contributed by atoms with Crippen molar-refractivity contribution in [2.45, 2.75) is 58.5 Å². The molecule has 0 fully saturated rings. The number of fused-ring (bicyclic) bond motifs is 1. The van der Waals surface area contributed by atoms with Crippen molar-refractivity contribution < 1.29 is 19.0 Å². The minimum atomic E-state index is -2.26. The maximum absolute atomic E-state index is 8.85. The monoisotopic (exact) mass is 364 g/mol. The molecule has 0 bridgehead atoms. The molecule has 0 saturated heterocycles. The molecule has 0 heterocycles. The predicted molar refractivity (Wildman–Crippen MR) is 104 cm³/mol. The van der Waals surface area contributed by atoms with Crippen LogP contribution in [0.4, 0.5) is 0 Å². The standard InChI is InChI=1S/C20H29O4P/c1-3-4-5-13-23-20-12-11-18-14-17(9-10-19(18)15-20)8-6-7-16(2)24-25(21)22/h9-12,14-16,21-22H,3-8,13H2,1-2H3. The van der Waals surface area contributed by atoms with Gasteiger partial charge in [-0.1, -0.05) is 44.0 Å². The molecule has 2 N–H and O–H groups in total. The first kappa shape index (κ1) is 20.1. The second-order valence-corrected chi connectivity index (χ2v) is 7.18. The highest BCUT2D eigenvalue weighted by Gasteiger charge is 2.08. The highest BCUT2D eigenvalue weighted by molar-refractivity contribution is 7.39. The zero-order valence-electron chi connectivity index (χ0n) is 15.1. The van der Waals surface area contributed by atoms with Gasteiger partial charge in [0.2, 0.25) is 0 Å². The molecule has 2 aromatic carbocycles. The Bertz CT molecular complexity index is 645. The van der Waals surface area contributed by atoms with Gasteiger partial charge < -0.3 is 19.0 Å². The van der Waals surface area contributed by atoms with Gasteiger partial charge in [-0.15, -0.1) is 0 Å². The molecule has 5 heteroatoms. The lowest BCUT2D eigenvalue weighted by Gasteiger charge is -2.12. The molecule has 0 aliphatic carbocycles. The number of unbranched alkanes of at least 4 members (excludes halogenated alkanes) is 2. The third-order valence-corrected chi connectivity index (χ3v) is 4.79. The van der Waals surface area contributed by atoms with Gasteiger partial charge in [-0.05, 0) is 61.1 Å². The van der Waals surface area contributed by atoms with E-state index in [1.165, 1.54) is 29.2 Å². The van der Waals surface area contributed by atoms with Crippen molar-refractivity contribution in [3.05, 3.63) is 42.0 Å². The number of rotatable bonds is 11. The van der Waals surface area contributed by atoms with Crippen LogP contribution in [0.2, 0.25) is 0 Å². The molecule has 0 radical (unpaired) electrons. The van der Waals surface area contributed by atoms with Gasteiger partial charge in [0.25, 0.3) is 0 Å². The molecule has 138 valence electrons. The Morgan fingerprint density at radius 2 is 1.76 bits per heavy atom. The smallest absolute Gasteiger partial charge is 0.327 e. The average molecular weight is 364 g/mol. The normalized spacial score (nSPS) is 12.7. The summed E-state index contributed by atoms with van der Waals surface area (Å²) < 4.78 is 10.8.